The van der Waals surface area contributed by atoms with Gasteiger partial charge in [0.05, 0.1) is 11.4 Å². The Labute approximate surface area is 158 Å². The van der Waals surface area contributed by atoms with Gasteiger partial charge in [-0.15, -0.1) is 0 Å². The van der Waals surface area contributed by atoms with Gasteiger partial charge in [0.2, 0.25) is 0 Å². The highest BCUT2D eigenvalue weighted by atomic mass is 19.1. The van der Waals surface area contributed by atoms with Crippen LogP contribution in [0.3, 0.4) is 0 Å². The van der Waals surface area contributed by atoms with Crippen molar-refractivity contribution in [3.63, 3.8) is 0 Å². The van der Waals surface area contributed by atoms with Gasteiger partial charge in [0, 0.05) is 13.1 Å². The SMILES string of the molecule is CCCCCNC(=O)c1nc(C(=O)Nc2ccccc2F)n2c1CCCC2. The number of imidazole rings is 1. The zero-order valence-corrected chi connectivity index (χ0v) is 15.6. The van der Waals surface area contributed by atoms with E-state index in [9.17, 15) is 14.0 Å². The molecule has 1 aliphatic heterocycles. The lowest BCUT2D eigenvalue weighted by Gasteiger charge is -2.17. The second kappa shape index (κ2) is 8.79. The number of benzene rings is 1. The van der Waals surface area contributed by atoms with Crippen molar-refractivity contribution < 1.29 is 14.0 Å². The summed E-state index contributed by atoms with van der Waals surface area (Å²) in [4.78, 5) is 29.6. The summed E-state index contributed by atoms with van der Waals surface area (Å²) in [5, 5.41) is 5.45. The number of anilines is 1. The molecule has 27 heavy (non-hydrogen) atoms. The maximum Gasteiger partial charge on any atom is 0.291 e. The van der Waals surface area contributed by atoms with Crippen LogP contribution in [0.2, 0.25) is 0 Å². The first-order chi connectivity index (χ1) is 13.1. The van der Waals surface area contributed by atoms with E-state index in [2.05, 4.69) is 22.5 Å². The number of halogens is 1. The third-order valence-electron chi connectivity index (χ3n) is 4.72. The summed E-state index contributed by atoms with van der Waals surface area (Å²) in [6, 6.07) is 5.98. The van der Waals surface area contributed by atoms with Crippen LogP contribution in [-0.4, -0.2) is 27.9 Å². The smallest absolute Gasteiger partial charge is 0.291 e. The van der Waals surface area contributed by atoms with Gasteiger partial charge < -0.3 is 15.2 Å². The molecule has 2 heterocycles. The Hall–Kier alpha value is -2.70. The number of nitrogens with zero attached hydrogens (tertiary/aromatic N) is 2. The number of carbonyl (C=O) groups excluding carboxylic acids is 2. The Balaban J connectivity index is 1.81. The van der Waals surface area contributed by atoms with Crippen molar-refractivity contribution in [1.82, 2.24) is 14.9 Å². The summed E-state index contributed by atoms with van der Waals surface area (Å²) in [5.41, 5.74) is 1.19. The van der Waals surface area contributed by atoms with Gasteiger partial charge in [0.1, 0.15) is 11.5 Å². The molecule has 2 N–H and O–H groups in total. The van der Waals surface area contributed by atoms with Crippen LogP contribution in [0.15, 0.2) is 24.3 Å². The summed E-state index contributed by atoms with van der Waals surface area (Å²) in [5.74, 6) is -1.10. The van der Waals surface area contributed by atoms with E-state index in [-0.39, 0.29) is 17.4 Å². The molecule has 2 amide bonds. The van der Waals surface area contributed by atoms with Crippen LogP contribution >= 0.6 is 0 Å². The van der Waals surface area contributed by atoms with Crippen LogP contribution in [0.1, 0.15) is 65.8 Å². The lowest BCUT2D eigenvalue weighted by molar-refractivity contribution is 0.0947. The Morgan fingerprint density at radius 2 is 2.00 bits per heavy atom. The number of rotatable bonds is 7. The minimum atomic E-state index is -0.509. The highest BCUT2D eigenvalue weighted by molar-refractivity contribution is 6.03. The molecule has 3 rings (SSSR count). The summed E-state index contributed by atoms with van der Waals surface area (Å²) in [7, 11) is 0. The third kappa shape index (κ3) is 4.35. The molecule has 0 atom stereocenters. The van der Waals surface area contributed by atoms with E-state index in [0.717, 1.165) is 37.8 Å². The zero-order valence-electron chi connectivity index (χ0n) is 15.6. The third-order valence-corrected chi connectivity index (χ3v) is 4.72. The van der Waals surface area contributed by atoms with E-state index >= 15 is 0 Å². The van der Waals surface area contributed by atoms with Crippen molar-refractivity contribution in [2.24, 2.45) is 0 Å². The van der Waals surface area contributed by atoms with Crippen molar-refractivity contribution in [2.75, 3.05) is 11.9 Å². The van der Waals surface area contributed by atoms with Crippen LogP contribution < -0.4 is 10.6 Å². The molecule has 0 saturated heterocycles. The van der Waals surface area contributed by atoms with E-state index in [1.165, 1.54) is 12.1 Å². The molecule has 1 aromatic heterocycles. The van der Waals surface area contributed by atoms with Crippen molar-refractivity contribution in [1.29, 1.82) is 0 Å². The van der Waals surface area contributed by atoms with Gasteiger partial charge in [0.25, 0.3) is 11.8 Å². The Bertz CT molecular complexity index is 831. The molecular formula is C20H25FN4O2. The van der Waals surface area contributed by atoms with Gasteiger partial charge in [0.15, 0.2) is 5.82 Å². The number of unbranched alkanes of at least 4 members (excludes halogenated alkanes) is 2. The van der Waals surface area contributed by atoms with Crippen molar-refractivity contribution in [3.8, 4) is 0 Å². The molecule has 0 aliphatic carbocycles. The number of amides is 2. The van der Waals surface area contributed by atoms with E-state index in [4.69, 9.17) is 0 Å². The molecule has 7 heteroatoms. The summed E-state index contributed by atoms with van der Waals surface area (Å²) >= 11 is 0. The molecule has 0 saturated carbocycles. The van der Waals surface area contributed by atoms with Crippen LogP contribution in [0.4, 0.5) is 10.1 Å². The molecule has 0 fully saturated rings. The Kier molecular flexibility index (Phi) is 6.21. The first-order valence-electron chi connectivity index (χ1n) is 9.55. The molecule has 0 radical (unpaired) electrons. The highest BCUT2D eigenvalue weighted by Crippen LogP contribution is 2.22. The van der Waals surface area contributed by atoms with E-state index < -0.39 is 11.7 Å². The average Bonchev–Trinajstić information content (AvgIpc) is 3.07. The zero-order chi connectivity index (χ0) is 19.2. The second-order valence-electron chi connectivity index (χ2n) is 6.74. The van der Waals surface area contributed by atoms with E-state index in [1.54, 1.807) is 16.7 Å². The number of hydrogen-bond donors (Lipinski definition) is 2. The Morgan fingerprint density at radius 3 is 2.78 bits per heavy atom. The molecule has 1 aliphatic rings. The number of nitrogens with one attached hydrogen (secondary N) is 2. The first-order valence-corrected chi connectivity index (χ1v) is 9.55. The first kappa shape index (κ1) is 19.1. The topological polar surface area (TPSA) is 76.0 Å². The molecule has 0 bridgehead atoms. The summed E-state index contributed by atoms with van der Waals surface area (Å²) < 4.78 is 15.6. The predicted octanol–water partition coefficient (Wildman–Crippen LogP) is 3.53. The van der Waals surface area contributed by atoms with E-state index in [1.807, 2.05) is 0 Å². The van der Waals surface area contributed by atoms with Gasteiger partial charge in [-0.3, -0.25) is 9.59 Å². The molecular weight excluding hydrogens is 347 g/mol. The normalized spacial score (nSPS) is 13.1. The average molecular weight is 372 g/mol. The predicted molar refractivity (Wildman–Crippen MR) is 101 cm³/mol. The van der Waals surface area contributed by atoms with E-state index in [0.29, 0.717) is 25.2 Å². The minimum absolute atomic E-state index is 0.0984. The number of fused-ring (bicyclic) bond motifs is 1. The van der Waals surface area contributed by atoms with Crippen molar-refractivity contribution in [3.05, 3.63) is 47.3 Å². The molecule has 0 unspecified atom stereocenters. The fourth-order valence-electron chi connectivity index (χ4n) is 3.30. The van der Waals surface area contributed by atoms with Crippen LogP contribution in [0.25, 0.3) is 0 Å². The molecule has 1 aromatic carbocycles. The van der Waals surface area contributed by atoms with Crippen molar-refractivity contribution in [2.45, 2.75) is 52.0 Å². The van der Waals surface area contributed by atoms with Gasteiger partial charge in [-0.05, 0) is 37.8 Å². The quantitative estimate of drug-likeness (QED) is 0.730. The Morgan fingerprint density at radius 1 is 1.19 bits per heavy atom. The highest BCUT2D eigenvalue weighted by Gasteiger charge is 2.27. The number of para-hydroxylation sites is 1. The minimum Gasteiger partial charge on any atom is -0.351 e. The van der Waals surface area contributed by atoms with Crippen LogP contribution in [-0.2, 0) is 13.0 Å². The van der Waals surface area contributed by atoms with Gasteiger partial charge in [-0.2, -0.15) is 0 Å². The second-order valence-corrected chi connectivity index (χ2v) is 6.74. The van der Waals surface area contributed by atoms with Crippen LogP contribution in [0, 0.1) is 5.82 Å². The molecule has 144 valence electrons. The van der Waals surface area contributed by atoms with Crippen LogP contribution in [0.5, 0.6) is 0 Å². The number of carbonyl (C=O) groups is 2. The summed E-state index contributed by atoms with van der Waals surface area (Å²) in [6.07, 6.45) is 5.63. The monoisotopic (exact) mass is 372 g/mol. The van der Waals surface area contributed by atoms with Gasteiger partial charge >= 0.3 is 0 Å². The summed E-state index contributed by atoms with van der Waals surface area (Å²) in [6.45, 7) is 3.33. The standard InChI is InChI=1S/C20H25FN4O2/c1-2-3-7-12-22-19(26)17-16-11-6-8-13-25(16)18(24-17)20(27)23-15-10-5-4-9-14(15)21/h4-5,9-10H,2-3,6-8,11-13H2,1H3,(H,22,26)(H,23,27). The maximum atomic E-state index is 13.8. The lowest BCUT2D eigenvalue weighted by atomic mass is 10.1. The molecule has 6 nitrogen and oxygen atoms in total. The fraction of sp³-hybridized carbons (Fsp3) is 0.450. The fourth-order valence-corrected chi connectivity index (χ4v) is 3.30. The lowest BCUT2D eigenvalue weighted by Crippen LogP contribution is -2.26. The largest absolute Gasteiger partial charge is 0.351 e. The molecule has 0 spiro atoms. The van der Waals surface area contributed by atoms with Gasteiger partial charge in [-0.25, -0.2) is 9.37 Å². The van der Waals surface area contributed by atoms with Crippen molar-refractivity contribution >= 4 is 17.5 Å². The number of aromatic nitrogens is 2. The molecule has 2 aromatic rings. The maximum absolute atomic E-state index is 13.8. The number of hydrogen-bond acceptors (Lipinski definition) is 3. The van der Waals surface area contributed by atoms with Gasteiger partial charge in [-0.1, -0.05) is 31.9 Å².